The van der Waals surface area contributed by atoms with Crippen molar-refractivity contribution in [3.8, 4) is 0 Å². The Morgan fingerprint density at radius 1 is 1.35 bits per heavy atom. The fraction of sp³-hybridized carbons (Fsp3) is 0.214. The van der Waals surface area contributed by atoms with Crippen LogP contribution in [0.25, 0.3) is 0 Å². The Kier molecular flexibility index (Phi) is 2.93. The fourth-order valence-electron chi connectivity index (χ4n) is 2.73. The molecule has 2 aromatic rings. The lowest BCUT2D eigenvalue weighted by Crippen LogP contribution is -2.17. The highest BCUT2D eigenvalue weighted by Crippen LogP contribution is 2.39. The lowest BCUT2D eigenvalue weighted by atomic mass is 9.94. The Morgan fingerprint density at radius 2 is 2.15 bits per heavy atom. The topological polar surface area (TPSA) is 68.9 Å². The maximum absolute atomic E-state index is 13.7. The molecule has 0 radical (unpaired) electrons. The number of nitrogens with zero attached hydrogens (tertiary/aromatic N) is 2. The van der Waals surface area contributed by atoms with Crippen LogP contribution in [-0.4, -0.2) is 16.1 Å². The summed E-state index contributed by atoms with van der Waals surface area (Å²) >= 11 is 0. The first kappa shape index (κ1) is 12.7. The van der Waals surface area contributed by atoms with Crippen LogP contribution >= 0.6 is 0 Å². The zero-order chi connectivity index (χ0) is 14.3. The number of hydrogen-bond donors (Lipinski definition) is 1. The highest BCUT2D eigenvalue weighted by Gasteiger charge is 2.31. The second kappa shape index (κ2) is 4.63. The molecule has 4 nitrogen and oxygen atoms in total. The predicted octanol–water partition coefficient (Wildman–Crippen LogP) is 1.93. The molecule has 20 heavy (non-hydrogen) atoms. The van der Waals surface area contributed by atoms with Crippen molar-refractivity contribution < 1.29 is 13.6 Å². The van der Waals surface area contributed by atoms with Crippen LogP contribution in [-0.2, 0) is 6.42 Å². The van der Waals surface area contributed by atoms with Crippen LogP contribution in [0.5, 0.6) is 0 Å². The van der Waals surface area contributed by atoms with Gasteiger partial charge in [-0.3, -0.25) is 4.79 Å². The van der Waals surface area contributed by atoms with Gasteiger partial charge in [-0.05, 0) is 36.1 Å². The van der Waals surface area contributed by atoms with Gasteiger partial charge in [-0.2, -0.15) is 10.2 Å². The molecule has 2 N–H and O–H groups in total. The Hall–Kier alpha value is -2.37. The van der Waals surface area contributed by atoms with Gasteiger partial charge in [-0.1, -0.05) is 0 Å². The van der Waals surface area contributed by atoms with Crippen molar-refractivity contribution in [2.45, 2.75) is 18.8 Å². The number of carbonyl (C=O) groups is 1. The molecule has 0 bridgehead atoms. The first-order valence-corrected chi connectivity index (χ1v) is 6.17. The zero-order valence-electron chi connectivity index (χ0n) is 10.4. The number of fused-ring (bicyclic) bond motifs is 1. The molecule has 102 valence electrons. The monoisotopic (exact) mass is 275 g/mol. The largest absolute Gasteiger partial charge is 0.366 e. The minimum Gasteiger partial charge on any atom is -0.366 e. The Bertz CT molecular complexity index is 703. The summed E-state index contributed by atoms with van der Waals surface area (Å²) in [5, 5.41) is 7.69. The van der Waals surface area contributed by atoms with E-state index < -0.39 is 17.5 Å². The molecule has 0 saturated carbocycles. The summed E-state index contributed by atoms with van der Waals surface area (Å²) in [5.41, 5.74) is 6.91. The van der Waals surface area contributed by atoms with Gasteiger partial charge in [-0.25, -0.2) is 8.78 Å². The third kappa shape index (κ3) is 1.93. The van der Waals surface area contributed by atoms with Crippen molar-refractivity contribution in [1.29, 1.82) is 0 Å². The lowest BCUT2D eigenvalue weighted by Gasteiger charge is -2.13. The molecule has 1 aromatic carbocycles. The average Bonchev–Trinajstić information content (AvgIpc) is 2.82. The van der Waals surface area contributed by atoms with Crippen LogP contribution in [0.4, 0.5) is 8.78 Å². The number of halogens is 2. The number of amides is 1. The van der Waals surface area contributed by atoms with E-state index in [0.717, 1.165) is 6.07 Å². The molecule has 0 saturated heterocycles. The molecule has 0 spiro atoms. The number of nitrogens with two attached hydrogens (primary N) is 1. The molecular weight excluding hydrogens is 264 g/mol. The van der Waals surface area contributed by atoms with E-state index in [1.165, 1.54) is 18.3 Å². The second-order valence-corrected chi connectivity index (χ2v) is 4.74. The molecule has 1 atom stereocenters. The first-order chi connectivity index (χ1) is 9.58. The number of carbonyl (C=O) groups excluding carboxylic acids is 1. The van der Waals surface area contributed by atoms with Crippen molar-refractivity contribution in [2.75, 3.05) is 0 Å². The second-order valence-electron chi connectivity index (χ2n) is 4.74. The molecule has 0 unspecified atom stereocenters. The van der Waals surface area contributed by atoms with E-state index in [2.05, 4.69) is 10.2 Å². The number of primary amides is 1. The Morgan fingerprint density at radius 3 is 2.90 bits per heavy atom. The summed E-state index contributed by atoms with van der Waals surface area (Å²) in [6.07, 6.45) is 2.39. The van der Waals surface area contributed by atoms with Gasteiger partial charge in [0.15, 0.2) is 0 Å². The minimum atomic E-state index is -0.641. The van der Waals surface area contributed by atoms with Crippen LogP contribution in [0.2, 0.25) is 0 Å². The van der Waals surface area contributed by atoms with Crippen LogP contribution < -0.4 is 5.73 Å². The van der Waals surface area contributed by atoms with Crippen molar-refractivity contribution >= 4 is 5.91 Å². The molecular formula is C14H11F2N3O. The maximum atomic E-state index is 13.7. The summed E-state index contributed by atoms with van der Waals surface area (Å²) in [6, 6.07) is 3.63. The van der Waals surface area contributed by atoms with Gasteiger partial charge >= 0.3 is 0 Å². The highest BCUT2D eigenvalue weighted by molar-refractivity contribution is 5.94. The van der Waals surface area contributed by atoms with Gasteiger partial charge in [0.25, 0.3) is 5.91 Å². The summed E-state index contributed by atoms with van der Waals surface area (Å²) in [6.45, 7) is 0. The molecule has 0 aliphatic heterocycles. The molecule has 0 fully saturated rings. The van der Waals surface area contributed by atoms with Crippen LogP contribution in [0.3, 0.4) is 0 Å². The Balaban J connectivity index is 2.15. The summed E-state index contributed by atoms with van der Waals surface area (Å²) in [5.74, 6) is -2.18. The first-order valence-electron chi connectivity index (χ1n) is 6.17. The van der Waals surface area contributed by atoms with E-state index in [1.54, 1.807) is 0 Å². The van der Waals surface area contributed by atoms with Crippen molar-refractivity contribution in [2.24, 2.45) is 5.73 Å². The smallest absolute Gasteiger partial charge is 0.250 e. The van der Waals surface area contributed by atoms with Crippen molar-refractivity contribution in [1.82, 2.24) is 10.2 Å². The summed E-state index contributed by atoms with van der Waals surface area (Å²) < 4.78 is 27.1. The average molecular weight is 275 g/mol. The number of rotatable bonds is 2. The quantitative estimate of drug-likeness (QED) is 0.910. The van der Waals surface area contributed by atoms with E-state index in [9.17, 15) is 13.6 Å². The lowest BCUT2D eigenvalue weighted by molar-refractivity contribution is 0.0998. The van der Waals surface area contributed by atoms with E-state index >= 15 is 0 Å². The molecule has 1 heterocycles. The predicted molar refractivity (Wildman–Crippen MR) is 67.1 cm³/mol. The molecule has 1 amide bonds. The third-order valence-electron chi connectivity index (χ3n) is 3.60. The van der Waals surface area contributed by atoms with Crippen molar-refractivity contribution in [3.05, 3.63) is 58.4 Å². The number of aromatic nitrogens is 2. The van der Waals surface area contributed by atoms with E-state index in [1.807, 2.05) is 0 Å². The van der Waals surface area contributed by atoms with Gasteiger partial charge in [0, 0.05) is 12.0 Å². The van der Waals surface area contributed by atoms with Gasteiger partial charge in [-0.15, -0.1) is 0 Å². The van der Waals surface area contributed by atoms with Crippen LogP contribution in [0, 0.1) is 11.6 Å². The van der Waals surface area contributed by atoms with E-state index in [0.29, 0.717) is 29.7 Å². The fourth-order valence-corrected chi connectivity index (χ4v) is 2.73. The van der Waals surface area contributed by atoms with Gasteiger partial charge < -0.3 is 5.73 Å². The van der Waals surface area contributed by atoms with Crippen molar-refractivity contribution in [3.63, 3.8) is 0 Å². The zero-order valence-corrected chi connectivity index (χ0v) is 10.4. The van der Waals surface area contributed by atoms with Crippen LogP contribution in [0.15, 0.2) is 24.4 Å². The van der Waals surface area contributed by atoms with E-state index in [-0.39, 0.29) is 11.5 Å². The highest BCUT2D eigenvalue weighted by atomic mass is 19.1. The normalized spacial score (nSPS) is 17.0. The summed E-state index contributed by atoms with van der Waals surface area (Å²) in [4.78, 5) is 11.4. The number of hydrogen-bond acceptors (Lipinski definition) is 3. The SMILES string of the molecule is NC(=O)c1ccnnc1[C@@H]1CCc2c(F)cc(F)cc21. The van der Waals surface area contributed by atoms with Gasteiger partial charge in [0.2, 0.25) is 0 Å². The minimum absolute atomic E-state index is 0.238. The number of benzene rings is 1. The molecule has 3 rings (SSSR count). The molecule has 1 aromatic heterocycles. The van der Waals surface area contributed by atoms with Crippen LogP contribution in [0.1, 0.15) is 39.5 Å². The third-order valence-corrected chi connectivity index (χ3v) is 3.60. The maximum Gasteiger partial charge on any atom is 0.250 e. The standard InChI is InChI=1S/C14H11F2N3O/c15-7-5-11-8(12(16)6-7)1-2-9(11)13-10(14(17)20)3-4-18-19-13/h3-6,9H,1-2H2,(H2,17,20)/t9-/m1/s1. The van der Waals surface area contributed by atoms with Gasteiger partial charge in [0.1, 0.15) is 11.6 Å². The molecule has 6 heteroatoms. The van der Waals surface area contributed by atoms with E-state index in [4.69, 9.17) is 5.73 Å². The summed E-state index contributed by atoms with van der Waals surface area (Å²) in [7, 11) is 0. The molecule has 1 aliphatic carbocycles. The Labute approximate surface area is 113 Å². The molecule has 1 aliphatic rings. The van der Waals surface area contributed by atoms with Gasteiger partial charge in [0.05, 0.1) is 17.5 Å².